The lowest BCUT2D eigenvalue weighted by atomic mass is 10.0. The number of quaternary nitrogens is 1. The molecule has 0 amide bonds. The molecule has 1 aliphatic heterocycles. The van der Waals surface area contributed by atoms with E-state index in [1.54, 1.807) is 0 Å². The Hall–Kier alpha value is 0.250. The molecule has 0 radical (unpaired) electrons. The highest BCUT2D eigenvalue weighted by Gasteiger charge is 2.20. The van der Waals surface area contributed by atoms with Crippen molar-refractivity contribution in [1.82, 2.24) is 0 Å². The van der Waals surface area contributed by atoms with E-state index in [4.69, 9.17) is 0 Å². The van der Waals surface area contributed by atoms with E-state index < -0.39 is 0 Å². The van der Waals surface area contributed by atoms with Crippen LogP contribution < -0.4 is 17.3 Å². The summed E-state index contributed by atoms with van der Waals surface area (Å²) in [6.45, 7) is 7.63. The van der Waals surface area contributed by atoms with Crippen molar-refractivity contribution in [3.63, 3.8) is 0 Å². The predicted molar refractivity (Wildman–Crippen MR) is 85.9 cm³/mol. The number of hydrogen-bond acceptors (Lipinski definition) is 0. The van der Waals surface area contributed by atoms with Gasteiger partial charge < -0.3 is 17.3 Å². The van der Waals surface area contributed by atoms with Gasteiger partial charge in [-0.25, -0.2) is 0 Å². The second kappa shape index (κ2) is 14.2. The molecule has 0 aromatic heterocycles. The zero-order valence-corrected chi connectivity index (χ0v) is 14.8. The van der Waals surface area contributed by atoms with Gasteiger partial charge in [0.2, 0.25) is 0 Å². The Labute approximate surface area is 134 Å². The van der Waals surface area contributed by atoms with Crippen LogP contribution in [0.15, 0.2) is 0 Å². The second-order valence-electron chi connectivity index (χ2n) is 6.74. The van der Waals surface area contributed by atoms with E-state index in [1.165, 1.54) is 96.6 Å². The number of halogens is 1. The summed E-state index contributed by atoms with van der Waals surface area (Å²) in [5.41, 5.74) is 0. The molecule has 2 atom stereocenters. The van der Waals surface area contributed by atoms with Crippen molar-refractivity contribution < 1.29 is 17.3 Å². The molecule has 1 N–H and O–H groups in total. The first-order chi connectivity index (χ1) is 9.34. The normalized spacial score (nSPS) is 22.5. The third-order valence-corrected chi connectivity index (χ3v) is 4.93. The number of nitrogens with one attached hydrogen (secondary N) is 1. The van der Waals surface area contributed by atoms with Crippen molar-refractivity contribution in [2.45, 2.75) is 103 Å². The maximum atomic E-state index is 2.45. The molecule has 2 heteroatoms. The third kappa shape index (κ3) is 10.0. The fourth-order valence-electron chi connectivity index (χ4n) is 3.46. The van der Waals surface area contributed by atoms with Crippen LogP contribution in [0.1, 0.15) is 97.3 Å². The third-order valence-electron chi connectivity index (χ3n) is 4.93. The highest BCUT2D eigenvalue weighted by Crippen LogP contribution is 2.10. The van der Waals surface area contributed by atoms with Crippen LogP contribution >= 0.6 is 0 Å². The van der Waals surface area contributed by atoms with Crippen molar-refractivity contribution in [3.8, 4) is 0 Å². The van der Waals surface area contributed by atoms with Gasteiger partial charge in [0.15, 0.2) is 0 Å². The number of piperidine rings is 1. The zero-order valence-electron chi connectivity index (χ0n) is 14.1. The topological polar surface area (TPSA) is 4.44 Å². The minimum atomic E-state index is 0. The van der Waals surface area contributed by atoms with Gasteiger partial charge in [0.05, 0.1) is 19.1 Å². The van der Waals surface area contributed by atoms with E-state index in [0.717, 1.165) is 6.04 Å². The van der Waals surface area contributed by atoms with Crippen molar-refractivity contribution >= 4 is 0 Å². The lowest BCUT2D eigenvalue weighted by Crippen LogP contribution is -3.16. The fourth-order valence-corrected chi connectivity index (χ4v) is 3.46. The average Bonchev–Trinajstić information content (AvgIpc) is 2.43. The molecule has 1 aliphatic rings. The minimum Gasteiger partial charge on any atom is -1.00 e. The van der Waals surface area contributed by atoms with Gasteiger partial charge in [-0.15, -0.1) is 0 Å². The first kappa shape index (κ1) is 20.2. The second-order valence-corrected chi connectivity index (χ2v) is 6.74. The summed E-state index contributed by atoms with van der Waals surface area (Å²) in [5, 5.41) is 0. The number of hydrogen-bond donors (Lipinski definition) is 1. The Balaban J connectivity index is 0.00000361. The van der Waals surface area contributed by atoms with Gasteiger partial charge in [-0.05, 0) is 39.0 Å². The zero-order chi connectivity index (χ0) is 13.8. The Bertz CT molecular complexity index is 196. The summed E-state index contributed by atoms with van der Waals surface area (Å²) in [5.74, 6) is 0. The molecule has 1 rings (SSSR count). The first-order valence-corrected chi connectivity index (χ1v) is 9.19. The van der Waals surface area contributed by atoms with Crippen LogP contribution in [-0.4, -0.2) is 19.1 Å². The van der Waals surface area contributed by atoms with Crippen molar-refractivity contribution in [1.29, 1.82) is 0 Å². The molecule has 20 heavy (non-hydrogen) atoms. The Kier molecular flexibility index (Phi) is 14.4. The predicted octanol–water partition coefficient (Wildman–Crippen LogP) is 1.37. The standard InChI is InChI=1S/C18H37N.ClH/c1-3-4-5-6-7-8-9-10-11-13-16-19-17-14-12-15-18(19)2;/h18H,3-17H2,1-2H3;1H. The van der Waals surface area contributed by atoms with Gasteiger partial charge in [-0.1, -0.05) is 58.3 Å². The molecule has 122 valence electrons. The lowest BCUT2D eigenvalue weighted by molar-refractivity contribution is -0.928. The molecule has 0 bridgehead atoms. The van der Waals surface area contributed by atoms with E-state index in [1.807, 2.05) is 4.90 Å². The summed E-state index contributed by atoms with van der Waals surface area (Å²) < 4.78 is 0. The highest BCUT2D eigenvalue weighted by molar-refractivity contribution is 4.55. The quantitative estimate of drug-likeness (QED) is 0.550. The van der Waals surface area contributed by atoms with Crippen LogP contribution in [0.25, 0.3) is 0 Å². The van der Waals surface area contributed by atoms with E-state index in [2.05, 4.69) is 13.8 Å². The Morgan fingerprint density at radius 3 is 1.90 bits per heavy atom. The summed E-state index contributed by atoms with van der Waals surface area (Å²) in [4.78, 5) is 1.89. The van der Waals surface area contributed by atoms with E-state index >= 15 is 0 Å². The molecule has 1 nitrogen and oxygen atoms in total. The SMILES string of the molecule is CCCCCCCCCCCC[NH+]1CCCCC1C.[Cl-]. The van der Waals surface area contributed by atoms with Gasteiger partial charge in [-0.3, -0.25) is 0 Å². The van der Waals surface area contributed by atoms with E-state index in [9.17, 15) is 0 Å². The van der Waals surface area contributed by atoms with E-state index in [0.29, 0.717) is 0 Å². The summed E-state index contributed by atoms with van der Waals surface area (Å²) >= 11 is 0. The molecule has 1 heterocycles. The molecule has 0 saturated carbocycles. The van der Waals surface area contributed by atoms with Gasteiger partial charge in [-0.2, -0.15) is 0 Å². The molecule has 2 unspecified atom stereocenters. The molecular weight excluding hydrogens is 266 g/mol. The Morgan fingerprint density at radius 1 is 0.800 bits per heavy atom. The van der Waals surface area contributed by atoms with Crippen LogP contribution in [0.5, 0.6) is 0 Å². The number of likely N-dealkylation sites (tertiary alicyclic amines) is 1. The molecule has 1 saturated heterocycles. The Morgan fingerprint density at radius 2 is 1.35 bits per heavy atom. The molecule has 1 fully saturated rings. The maximum absolute atomic E-state index is 2.45. The molecule has 0 aromatic rings. The van der Waals surface area contributed by atoms with E-state index in [-0.39, 0.29) is 12.4 Å². The molecule has 0 aliphatic carbocycles. The maximum Gasteiger partial charge on any atom is 0.0846 e. The molecular formula is C18H38ClN. The largest absolute Gasteiger partial charge is 1.00 e. The van der Waals surface area contributed by atoms with Crippen LogP contribution in [0.4, 0.5) is 0 Å². The summed E-state index contributed by atoms with van der Waals surface area (Å²) in [6, 6.07) is 0.937. The number of rotatable bonds is 11. The molecule has 0 aromatic carbocycles. The first-order valence-electron chi connectivity index (χ1n) is 9.19. The summed E-state index contributed by atoms with van der Waals surface area (Å²) in [6.07, 6.45) is 19.0. The van der Waals surface area contributed by atoms with Crippen LogP contribution in [0, 0.1) is 0 Å². The lowest BCUT2D eigenvalue weighted by Gasteiger charge is -2.30. The minimum absolute atomic E-state index is 0. The number of unbranched alkanes of at least 4 members (excludes halogenated alkanes) is 9. The average molecular weight is 304 g/mol. The van der Waals surface area contributed by atoms with Crippen molar-refractivity contribution in [2.75, 3.05) is 13.1 Å². The highest BCUT2D eigenvalue weighted by atomic mass is 35.5. The monoisotopic (exact) mass is 303 g/mol. The smallest absolute Gasteiger partial charge is 0.0846 e. The van der Waals surface area contributed by atoms with Crippen LogP contribution in [0.3, 0.4) is 0 Å². The molecule has 0 spiro atoms. The van der Waals surface area contributed by atoms with Crippen molar-refractivity contribution in [3.05, 3.63) is 0 Å². The van der Waals surface area contributed by atoms with Gasteiger partial charge >= 0.3 is 0 Å². The van der Waals surface area contributed by atoms with Crippen LogP contribution in [-0.2, 0) is 0 Å². The fraction of sp³-hybridized carbons (Fsp3) is 1.00. The summed E-state index contributed by atoms with van der Waals surface area (Å²) in [7, 11) is 0. The van der Waals surface area contributed by atoms with Crippen molar-refractivity contribution in [2.24, 2.45) is 0 Å². The van der Waals surface area contributed by atoms with Gasteiger partial charge in [0.25, 0.3) is 0 Å². The van der Waals surface area contributed by atoms with Gasteiger partial charge in [0, 0.05) is 0 Å². The van der Waals surface area contributed by atoms with Gasteiger partial charge in [0.1, 0.15) is 0 Å². The van der Waals surface area contributed by atoms with Crippen LogP contribution in [0.2, 0.25) is 0 Å².